The molecule has 0 bridgehead atoms. The first kappa shape index (κ1) is 34.5. The fourth-order valence-corrected chi connectivity index (χ4v) is 5.09. The molecule has 1 N–H and O–H groups in total. The lowest BCUT2D eigenvalue weighted by molar-refractivity contribution is -0.870. The Balaban J connectivity index is 2.15. The number of ether oxygens (including phenoxy) is 1. The van der Waals surface area contributed by atoms with Gasteiger partial charge < -0.3 is 19.0 Å². The van der Waals surface area contributed by atoms with Crippen molar-refractivity contribution in [1.82, 2.24) is 0 Å². The molecular weight excluding hydrogens is 491 g/mol. The summed E-state index contributed by atoms with van der Waals surface area (Å²) >= 11 is 0. The van der Waals surface area contributed by atoms with Crippen LogP contribution in [0.25, 0.3) is 0 Å². The molecule has 0 aromatic carbocycles. The predicted octanol–water partition coefficient (Wildman–Crippen LogP) is 7.25. The number of hydrogen-bond acceptors (Lipinski definition) is 6. The standard InChI is InChI=1S/C28H57N2O6P/c1-6-8-9-10-11-12-13-14-15-16-17-18-19-20-22-33-25-28(24-27(7-2)29-36-28)26-35-37(31,32)34-23-21-30(3,4)5/h6-26H2,1-5H3/p+1. The lowest BCUT2D eigenvalue weighted by Crippen LogP contribution is -2.40. The van der Waals surface area contributed by atoms with Crippen LogP contribution in [0, 0.1) is 0 Å². The number of likely N-dealkylation sites (N-methyl/N-ethyl adjacent to an activating group) is 1. The number of unbranched alkanes of at least 4 members (excludes halogenated alkanes) is 13. The second-order valence-corrected chi connectivity index (χ2v) is 13.2. The van der Waals surface area contributed by atoms with E-state index in [1.165, 1.54) is 77.0 Å². The van der Waals surface area contributed by atoms with Crippen molar-refractivity contribution in [2.24, 2.45) is 5.16 Å². The van der Waals surface area contributed by atoms with E-state index in [9.17, 15) is 9.46 Å². The number of oxime groups is 1. The van der Waals surface area contributed by atoms with Gasteiger partial charge in [0.1, 0.15) is 19.8 Å². The highest BCUT2D eigenvalue weighted by Crippen LogP contribution is 2.45. The van der Waals surface area contributed by atoms with Crippen LogP contribution in [0.5, 0.6) is 0 Å². The molecule has 0 aromatic heterocycles. The fourth-order valence-electron chi connectivity index (χ4n) is 4.31. The number of phosphoric ester groups is 1. The van der Waals surface area contributed by atoms with Crippen molar-refractivity contribution in [2.75, 3.05) is 54.1 Å². The molecule has 0 amide bonds. The molecule has 2 unspecified atom stereocenters. The van der Waals surface area contributed by atoms with Crippen LogP contribution in [-0.2, 0) is 23.2 Å². The molecule has 0 aliphatic carbocycles. The molecule has 2 atom stereocenters. The maximum Gasteiger partial charge on any atom is 0.472 e. The molecule has 0 fully saturated rings. The Kier molecular flexibility index (Phi) is 18.2. The predicted molar refractivity (Wildman–Crippen MR) is 152 cm³/mol. The summed E-state index contributed by atoms with van der Waals surface area (Å²) in [7, 11) is 1.80. The van der Waals surface area contributed by atoms with E-state index >= 15 is 0 Å². The lowest BCUT2D eigenvalue weighted by atomic mass is 9.98. The van der Waals surface area contributed by atoms with Crippen molar-refractivity contribution in [3.05, 3.63) is 0 Å². The molecule has 1 heterocycles. The number of rotatable bonds is 25. The topological polar surface area (TPSA) is 86.6 Å². The van der Waals surface area contributed by atoms with Gasteiger partial charge in [-0.05, 0) is 12.8 Å². The zero-order chi connectivity index (χ0) is 27.5. The summed E-state index contributed by atoms with van der Waals surface area (Å²) in [5, 5.41) is 4.14. The number of nitrogens with zero attached hydrogens (tertiary/aromatic N) is 2. The third-order valence-electron chi connectivity index (χ3n) is 6.82. The zero-order valence-electron chi connectivity index (χ0n) is 24.7. The summed E-state index contributed by atoms with van der Waals surface area (Å²) in [5.74, 6) is 0. The van der Waals surface area contributed by atoms with Gasteiger partial charge in [0.05, 0.1) is 33.5 Å². The monoisotopic (exact) mass is 549 g/mol. The first-order valence-corrected chi connectivity index (χ1v) is 16.3. The van der Waals surface area contributed by atoms with Crippen LogP contribution in [-0.4, -0.2) is 74.8 Å². The van der Waals surface area contributed by atoms with Gasteiger partial charge in [0, 0.05) is 13.0 Å². The lowest BCUT2D eigenvalue weighted by Gasteiger charge is -2.27. The number of phosphoric acid groups is 1. The van der Waals surface area contributed by atoms with Crippen LogP contribution in [0.3, 0.4) is 0 Å². The highest BCUT2D eigenvalue weighted by atomic mass is 31.2. The van der Waals surface area contributed by atoms with Crippen molar-refractivity contribution in [3.8, 4) is 0 Å². The maximum absolute atomic E-state index is 12.3. The molecule has 0 spiro atoms. The van der Waals surface area contributed by atoms with Crippen LogP contribution in [0.15, 0.2) is 5.16 Å². The Morgan fingerprint density at radius 2 is 1.38 bits per heavy atom. The first-order valence-electron chi connectivity index (χ1n) is 14.9. The van der Waals surface area contributed by atoms with Crippen molar-refractivity contribution >= 4 is 13.5 Å². The molecule has 37 heavy (non-hydrogen) atoms. The zero-order valence-corrected chi connectivity index (χ0v) is 25.6. The minimum atomic E-state index is -4.17. The van der Waals surface area contributed by atoms with Crippen molar-refractivity contribution in [3.63, 3.8) is 0 Å². The van der Waals surface area contributed by atoms with Crippen molar-refractivity contribution in [2.45, 2.75) is 122 Å². The minimum absolute atomic E-state index is 0.100. The largest absolute Gasteiger partial charge is 0.472 e. The Labute approximate surface area is 227 Å². The second kappa shape index (κ2) is 19.5. The van der Waals surface area contributed by atoms with E-state index in [1.54, 1.807) is 0 Å². The Bertz CT molecular complexity index is 655. The molecule has 1 aliphatic heterocycles. The van der Waals surface area contributed by atoms with Crippen LogP contribution in [0.2, 0.25) is 0 Å². The molecule has 0 saturated heterocycles. The quantitative estimate of drug-likeness (QED) is 0.0733. The molecular formula is C28H58N2O6P+. The summed E-state index contributed by atoms with van der Waals surface area (Å²) in [6.45, 7) is 5.83. The van der Waals surface area contributed by atoms with Crippen molar-refractivity contribution in [1.29, 1.82) is 0 Å². The molecule has 0 saturated carbocycles. The summed E-state index contributed by atoms with van der Waals surface area (Å²) in [4.78, 5) is 15.8. The van der Waals surface area contributed by atoms with Gasteiger partial charge in [-0.3, -0.25) is 9.05 Å². The second-order valence-electron chi connectivity index (χ2n) is 11.7. The average molecular weight is 550 g/mol. The van der Waals surface area contributed by atoms with Gasteiger partial charge in [-0.15, -0.1) is 0 Å². The van der Waals surface area contributed by atoms with Crippen LogP contribution < -0.4 is 0 Å². The third kappa shape index (κ3) is 18.4. The van der Waals surface area contributed by atoms with Crippen molar-refractivity contribution < 1.29 is 32.6 Å². The van der Waals surface area contributed by atoms with Crippen LogP contribution in [0.1, 0.15) is 117 Å². The van der Waals surface area contributed by atoms with Gasteiger partial charge in [0.2, 0.25) is 0 Å². The third-order valence-corrected chi connectivity index (χ3v) is 7.78. The van der Waals surface area contributed by atoms with E-state index < -0.39 is 13.4 Å². The van der Waals surface area contributed by atoms with E-state index in [2.05, 4.69) is 12.1 Å². The molecule has 9 heteroatoms. The summed E-state index contributed by atoms with van der Waals surface area (Å²) in [5.41, 5.74) is 0.0332. The smallest absolute Gasteiger partial charge is 0.384 e. The van der Waals surface area contributed by atoms with E-state index in [0.29, 0.717) is 24.1 Å². The minimum Gasteiger partial charge on any atom is -0.384 e. The SMILES string of the molecule is CCCCCCCCCCCCCCCCOCC1(COP(=O)(O)OCC[N+](C)(C)C)CC(CC)=NO1. The van der Waals surface area contributed by atoms with E-state index in [-0.39, 0.29) is 19.8 Å². The normalized spacial score (nSPS) is 19.6. The molecule has 0 aromatic rings. The molecule has 8 nitrogen and oxygen atoms in total. The summed E-state index contributed by atoms with van der Waals surface area (Å²) < 4.78 is 29.3. The summed E-state index contributed by atoms with van der Waals surface area (Å²) in [6.07, 6.45) is 19.8. The van der Waals surface area contributed by atoms with Gasteiger partial charge in [-0.25, -0.2) is 4.57 Å². The maximum atomic E-state index is 12.3. The molecule has 1 rings (SSSR count). The van der Waals surface area contributed by atoms with Crippen LogP contribution >= 0.6 is 7.82 Å². The average Bonchev–Trinajstić information content (AvgIpc) is 3.25. The van der Waals surface area contributed by atoms with Gasteiger partial charge in [0.25, 0.3) is 0 Å². The van der Waals surface area contributed by atoms with Gasteiger partial charge in [0.15, 0.2) is 5.60 Å². The number of hydrogen-bond donors (Lipinski definition) is 1. The summed E-state index contributed by atoms with van der Waals surface area (Å²) in [6, 6.07) is 0. The Morgan fingerprint density at radius 3 is 1.86 bits per heavy atom. The molecule has 220 valence electrons. The van der Waals surface area contributed by atoms with Gasteiger partial charge in [-0.1, -0.05) is 102 Å². The molecule has 0 radical (unpaired) electrons. The number of quaternary nitrogens is 1. The fraction of sp³-hybridized carbons (Fsp3) is 0.964. The highest BCUT2D eigenvalue weighted by Gasteiger charge is 2.42. The van der Waals surface area contributed by atoms with E-state index in [1.807, 2.05) is 28.1 Å². The Hall–Kier alpha value is -0.500. The van der Waals surface area contributed by atoms with Gasteiger partial charge in [-0.2, -0.15) is 0 Å². The Morgan fingerprint density at radius 1 is 0.838 bits per heavy atom. The van der Waals surface area contributed by atoms with Gasteiger partial charge >= 0.3 is 7.82 Å². The highest BCUT2D eigenvalue weighted by molar-refractivity contribution is 7.47. The van der Waals surface area contributed by atoms with Crippen LogP contribution in [0.4, 0.5) is 0 Å². The molecule has 1 aliphatic rings. The van der Waals surface area contributed by atoms with E-state index in [0.717, 1.165) is 25.0 Å². The first-order chi connectivity index (χ1) is 17.6. The van der Waals surface area contributed by atoms with E-state index in [4.69, 9.17) is 18.6 Å².